The molecule has 0 bridgehead atoms. The van der Waals surface area contributed by atoms with Crippen LogP contribution in [0, 0.1) is 18.8 Å². The molecule has 0 spiro atoms. The van der Waals surface area contributed by atoms with Crippen molar-refractivity contribution >= 4 is 5.91 Å². The molecule has 2 N–H and O–H groups in total. The van der Waals surface area contributed by atoms with E-state index >= 15 is 0 Å². The highest BCUT2D eigenvalue weighted by molar-refractivity contribution is 5.94. The Balaban J connectivity index is 2.05. The molecule has 1 heterocycles. The first-order chi connectivity index (χ1) is 10.2. The van der Waals surface area contributed by atoms with Crippen molar-refractivity contribution in [3.63, 3.8) is 0 Å². The van der Waals surface area contributed by atoms with Crippen LogP contribution >= 0.6 is 0 Å². The minimum Gasteiger partial charge on any atom is -0.395 e. The van der Waals surface area contributed by atoms with Gasteiger partial charge in [-0.05, 0) is 18.6 Å². The van der Waals surface area contributed by atoms with Gasteiger partial charge in [-0.1, -0.05) is 35.2 Å². The van der Waals surface area contributed by atoms with Gasteiger partial charge in [0.2, 0.25) is 0 Å². The number of nitrogens with one attached hydrogen (secondary N) is 1. The normalized spacial score (nSPS) is 9.81. The number of carbonyl (C=O) groups excluding carboxylic acids is 1. The molecule has 1 aromatic carbocycles. The molecule has 0 saturated carbocycles. The largest absolute Gasteiger partial charge is 0.395 e. The van der Waals surface area contributed by atoms with E-state index in [9.17, 15) is 4.79 Å². The molecule has 0 aliphatic heterocycles. The molecular weight excluding hydrogens is 268 g/mol. The van der Waals surface area contributed by atoms with Gasteiger partial charge in [0.05, 0.1) is 12.8 Å². The second-order valence-corrected chi connectivity index (χ2v) is 4.41. The lowest BCUT2D eigenvalue weighted by molar-refractivity contribution is 0.0949. The molecule has 108 valence electrons. The van der Waals surface area contributed by atoms with Crippen molar-refractivity contribution < 1.29 is 14.4 Å². The molecule has 1 aromatic heterocycles. The highest BCUT2D eigenvalue weighted by atomic mass is 16.5. The second kappa shape index (κ2) is 7.27. The van der Waals surface area contributed by atoms with Gasteiger partial charge in [-0.15, -0.1) is 0 Å². The number of hydrogen-bond donors (Lipinski definition) is 2. The number of aryl methyl sites for hydroxylation is 1. The molecular formula is C16H16N2O3. The highest BCUT2D eigenvalue weighted by Gasteiger charge is 2.12. The summed E-state index contributed by atoms with van der Waals surface area (Å²) in [5, 5.41) is 15.1. The Morgan fingerprint density at radius 2 is 2.24 bits per heavy atom. The average Bonchev–Trinajstić information content (AvgIpc) is 2.92. The molecule has 0 atom stereocenters. The maximum absolute atomic E-state index is 12.0. The van der Waals surface area contributed by atoms with Gasteiger partial charge in [-0.3, -0.25) is 4.79 Å². The van der Waals surface area contributed by atoms with Crippen LogP contribution in [0.5, 0.6) is 0 Å². The first-order valence-electron chi connectivity index (χ1n) is 6.59. The van der Waals surface area contributed by atoms with E-state index < -0.39 is 0 Å². The summed E-state index contributed by atoms with van der Waals surface area (Å²) in [6.45, 7) is 2.10. The van der Waals surface area contributed by atoms with Crippen LogP contribution in [0.4, 0.5) is 0 Å². The van der Waals surface area contributed by atoms with Crippen LogP contribution in [0.25, 0.3) is 0 Å². The molecule has 21 heavy (non-hydrogen) atoms. The minimum absolute atomic E-state index is 0.0403. The van der Waals surface area contributed by atoms with Crippen LogP contribution in [0.3, 0.4) is 0 Å². The third-order valence-electron chi connectivity index (χ3n) is 2.91. The van der Waals surface area contributed by atoms with E-state index in [0.717, 1.165) is 11.1 Å². The van der Waals surface area contributed by atoms with Crippen LogP contribution in [0.2, 0.25) is 0 Å². The second-order valence-electron chi connectivity index (χ2n) is 4.41. The molecule has 0 unspecified atom stereocenters. The first-order valence-corrected chi connectivity index (χ1v) is 6.59. The van der Waals surface area contributed by atoms with Crippen molar-refractivity contribution in [2.24, 2.45) is 0 Å². The van der Waals surface area contributed by atoms with E-state index in [1.807, 2.05) is 24.3 Å². The van der Waals surface area contributed by atoms with E-state index in [1.165, 1.54) is 6.20 Å². The van der Waals surface area contributed by atoms with E-state index in [1.54, 1.807) is 6.92 Å². The molecule has 5 nitrogen and oxygen atoms in total. The van der Waals surface area contributed by atoms with Crippen molar-refractivity contribution in [1.29, 1.82) is 0 Å². The minimum atomic E-state index is -0.230. The summed E-state index contributed by atoms with van der Waals surface area (Å²) in [6.07, 6.45) is 1.83. The van der Waals surface area contributed by atoms with Gasteiger partial charge in [-0.2, -0.15) is 0 Å². The van der Waals surface area contributed by atoms with Crippen molar-refractivity contribution in [3.05, 3.63) is 52.9 Å². The highest BCUT2D eigenvalue weighted by Crippen LogP contribution is 2.09. The molecule has 2 aromatic rings. The number of rotatable bonds is 4. The van der Waals surface area contributed by atoms with E-state index in [-0.39, 0.29) is 12.5 Å². The van der Waals surface area contributed by atoms with Crippen molar-refractivity contribution in [3.8, 4) is 11.8 Å². The van der Waals surface area contributed by atoms with E-state index in [4.69, 9.17) is 9.63 Å². The van der Waals surface area contributed by atoms with Crippen LogP contribution in [0.1, 0.15) is 33.7 Å². The van der Waals surface area contributed by atoms with Gasteiger partial charge in [0.25, 0.3) is 5.91 Å². The molecule has 0 aliphatic rings. The molecule has 0 saturated heterocycles. The number of amides is 1. The Hall–Kier alpha value is -2.58. The lowest BCUT2D eigenvalue weighted by Gasteiger charge is -2.06. The van der Waals surface area contributed by atoms with Crippen LogP contribution in [-0.2, 0) is 6.54 Å². The zero-order chi connectivity index (χ0) is 15.1. The summed E-state index contributed by atoms with van der Waals surface area (Å²) in [6, 6.07) is 7.57. The molecule has 0 radical (unpaired) electrons. The predicted octanol–water partition coefficient (Wildman–Crippen LogP) is 1.65. The number of carbonyl (C=O) groups is 1. The summed E-state index contributed by atoms with van der Waals surface area (Å²) in [5.41, 5.74) is 2.19. The van der Waals surface area contributed by atoms with Crippen molar-refractivity contribution in [1.82, 2.24) is 10.5 Å². The summed E-state index contributed by atoms with van der Waals surface area (Å²) >= 11 is 0. The van der Waals surface area contributed by atoms with E-state index in [0.29, 0.717) is 24.3 Å². The summed E-state index contributed by atoms with van der Waals surface area (Å²) < 4.78 is 4.87. The molecule has 0 fully saturated rings. The first kappa shape index (κ1) is 14.8. The zero-order valence-electron chi connectivity index (χ0n) is 11.7. The van der Waals surface area contributed by atoms with Crippen LogP contribution in [-0.4, -0.2) is 22.8 Å². The monoisotopic (exact) mass is 284 g/mol. The Bertz CT molecular complexity index is 680. The topological polar surface area (TPSA) is 75.4 Å². The average molecular weight is 284 g/mol. The van der Waals surface area contributed by atoms with Crippen LogP contribution < -0.4 is 5.32 Å². The molecule has 0 aliphatic carbocycles. The lowest BCUT2D eigenvalue weighted by atomic mass is 10.1. The van der Waals surface area contributed by atoms with Crippen molar-refractivity contribution in [2.45, 2.75) is 19.9 Å². The number of aromatic nitrogens is 1. The summed E-state index contributed by atoms with van der Waals surface area (Å²) in [7, 11) is 0. The Morgan fingerprint density at radius 1 is 1.43 bits per heavy atom. The fourth-order valence-corrected chi connectivity index (χ4v) is 1.80. The molecule has 1 amide bonds. The van der Waals surface area contributed by atoms with Gasteiger partial charge >= 0.3 is 0 Å². The van der Waals surface area contributed by atoms with Gasteiger partial charge in [0, 0.05) is 18.5 Å². The SMILES string of the molecule is Cc1oncc1C(=O)NCc1ccccc1C#CCCO. The van der Waals surface area contributed by atoms with Gasteiger partial charge in [-0.25, -0.2) is 0 Å². The predicted molar refractivity (Wildman–Crippen MR) is 77.4 cm³/mol. The fourth-order valence-electron chi connectivity index (χ4n) is 1.80. The zero-order valence-corrected chi connectivity index (χ0v) is 11.7. The maximum atomic E-state index is 12.0. The Kier molecular flexibility index (Phi) is 5.13. The quantitative estimate of drug-likeness (QED) is 0.837. The summed E-state index contributed by atoms with van der Waals surface area (Å²) in [4.78, 5) is 12.0. The standard InChI is InChI=1S/C16H16N2O3/c1-12-15(11-18-21-12)16(20)17-10-14-8-3-2-6-13(14)7-4-5-9-19/h2-3,6,8,11,19H,5,9-10H2,1H3,(H,17,20). The van der Waals surface area contributed by atoms with Gasteiger partial charge in [0.15, 0.2) is 0 Å². The number of benzene rings is 1. The lowest BCUT2D eigenvalue weighted by Crippen LogP contribution is -2.23. The van der Waals surface area contributed by atoms with Crippen molar-refractivity contribution in [2.75, 3.05) is 6.61 Å². The number of nitrogens with zero attached hydrogens (tertiary/aromatic N) is 1. The summed E-state index contributed by atoms with van der Waals surface area (Å²) in [5.74, 6) is 6.13. The third-order valence-corrected chi connectivity index (χ3v) is 2.91. The van der Waals surface area contributed by atoms with Crippen LogP contribution in [0.15, 0.2) is 35.0 Å². The fraction of sp³-hybridized carbons (Fsp3) is 0.250. The Morgan fingerprint density at radius 3 is 2.95 bits per heavy atom. The third kappa shape index (κ3) is 3.94. The molecule has 2 rings (SSSR count). The van der Waals surface area contributed by atoms with Gasteiger partial charge < -0.3 is 14.9 Å². The number of hydrogen-bond acceptors (Lipinski definition) is 4. The maximum Gasteiger partial charge on any atom is 0.256 e. The smallest absolute Gasteiger partial charge is 0.256 e. The molecule has 5 heteroatoms. The Labute approximate surface area is 123 Å². The van der Waals surface area contributed by atoms with E-state index in [2.05, 4.69) is 22.3 Å². The van der Waals surface area contributed by atoms with Gasteiger partial charge in [0.1, 0.15) is 11.3 Å². The number of aliphatic hydroxyl groups excluding tert-OH is 1. The number of aliphatic hydroxyl groups is 1.